The van der Waals surface area contributed by atoms with Crippen molar-refractivity contribution < 1.29 is 19.2 Å². The van der Waals surface area contributed by atoms with Crippen molar-refractivity contribution >= 4 is 17.7 Å². The van der Waals surface area contributed by atoms with Crippen LogP contribution in [0.4, 0.5) is 5.69 Å². The maximum absolute atomic E-state index is 10.9. The Morgan fingerprint density at radius 1 is 1.44 bits per heavy atom. The summed E-state index contributed by atoms with van der Waals surface area (Å²) in [6, 6.07) is 4.40. The van der Waals surface area contributed by atoms with Gasteiger partial charge in [0.25, 0.3) is 5.69 Å². The summed E-state index contributed by atoms with van der Waals surface area (Å²) in [6.45, 7) is 0. The van der Waals surface area contributed by atoms with Gasteiger partial charge in [-0.25, -0.2) is 0 Å². The van der Waals surface area contributed by atoms with Gasteiger partial charge in [0.15, 0.2) is 0 Å². The molecule has 18 heavy (non-hydrogen) atoms. The summed E-state index contributed by atoms with van der Waals surface area (Å²) in [5, 5.41) is 10.8. The fourth-order valence-electron chi connectivity index (χ4n) is 1.32. The molecule has 6 heteroatoms. The van der Waals surface area contributed by atoms with Crippen LogP contribution in [0.1, 0.15) is 12.0 Å². The lowest BCUT2D eigenvalue weighted by molar-refractivity contribution is -0.385. The van der Waals surface area contributed by atoms with Gasteiger partial charge in [0, 0.05) is 6.07 Å². The lowest BCUT2D eigenvalue weighted by Gasteiger charge is -2.02. The molecule has 1 rings (SSSR count). The van der Waals surface area contributed by atoms with Crippen molar-refractivity contribution in [3.8, 4) is 5.75 Å². The second-order valence-electron chi connectivity index (χ2n) is 3.36. The van der Waals surface area contributed by atoms with Crippen molar-refractivity contribution in [1.82, 2.24) is 0 Å². The Labute approximate surface area is 104 Å². The van der Waals surface area contributed by atoms with Crippen molar-refractivity contribution in [3.05, 3.63) is 40.0 Å². The molecule has 0 radical (unpaired) electrons. The van der Waals surface area contributed by atoms with E-state index in [1.165, 1.54) is 44.6 Å². The van der Waals surface area contributed by atoms with Gasteiger partial charge >= 0.3 is 5.97 Å². The molecule has 1 aromatic rings. The van der Waals surface area contributed by atoms with E-state index >= 15 is 0 Å². The quantitative estimate of drug-likeness (QED) is 0.455. The van der Waals surface area contributed by atoms with Gasteiger partial charge in [0.05, 0.1) is 31.1 Å². The van der Waals surface area contributed by atoms with Crippen LogP contribution in [0.3, 0.4) is 0 Å². The van der Waals surface area contributed by atoms with Crippen LogP contribution < -0.4 is 4.74 Å². The minimum Gasteiger partial charge on any atom is -0.497 e. The molecule has 1 aromatic carbocycles. The van der Waals surface area contributed by atoms with Gasteiger partial charge in [0.2, 0.25) is 0 Å². The average molecular weight is 251 g/mol. The molecule has 96 valence electrons. The number of hydrogen-bond donors (Lipinski definition) is 0. The van der Waals surface area contributed by atoms with E-state index in [9.17, 15) is 14.9 Å². The number of ether oxygens (including phenoxy) is 2. The Balaban J connectivity index is 2.97. The number of benzene rings is 1. The molecule has 0 bridgehead atoms. The number of nitrogens with zero attached hydrogens (tertiary/aromatic N) is 1. The zero-order valence-electron chi connectivity index (χ0n) is 10.1. The average Bonchev–Trinajstić information content (AvgIpc) is 2.37. The molecule has 0 N–H and O–H groups in total. The van der Waals surface area contributed by atoms with Crippen molar-refractivity contribution in [1.29, 1.82) is 0 Å². The molecule has 0 aliphatic rings. The Bertz CT molecular complexity index is 481. The summed E-state index contributed by atoms with van der Waals surface area (Å²) < 4.78 is 9.45. The predicted octanol–water partition coefficient (Wildman–Crippen LogP) is 2.18. The first-order valence-corrected chi connectivity index (χ1v) is 5.14. The third-order valence-corrected chi connectivity index (χ3v) is 2.24. The van der Waals surface area contributed by atoms with Crippen molar-refractivity contribution in [2.45, 2.75) is 6.42 Å². The van der Waals surface area contributed by atoms with Crippen LogP contribution in [0.15, 0.2) is 24.3 Å². The smallest absolute Gasteiger partial charge is 0.309 e. The number of methoxy groups -OCH3 is 2. The van der Waals surface area contributed by atoms with Gasteiger partial charge in [-0.2, -0.15) is 0 Å². The van der Waals surface area contributed by atoms with E-state index < -0.39 is 10.9 Å². The Hall–Kier alpha value is -2.37. The van der Waals surface area contributed by atoms with E-state index in [4.69, 9.17) is 4.74 Å². The Morgan fingerprint density at radius 2 is 2.17 bits per heavy atom. The van der Waals surface area contributed by atoms with Crippen LogP contribution in [0.2, 0.25) is 0 Å². The van der Waals surface area contributed by atoms with Crippen LogP contribution in [-0.2, 0) is 9.53 Å². The van der Waals surface area contributed by atoms with Crippen LogP contribution in [0, 0.1) is 10.1 Å². The first kappa shape index (κ1) is 13.7. The highest BCUT2D eigenvalue weighted by atomic mass is 16.6. The van der Waals surface area contributed by atoms with Crippen molar-refractivity contribution in [2.24, 2.45) is 0 Å². The standard InChI is InChI=1S/C12H13NO5/c1-17-10-6-7-11(13(15)16)9(8-10)4-3-5-12(14)18-2/h3-4,6-8H,5H2,1-2H3. The summed E-state index contributed by atoms with van der Waals surface area (Å²) in [5.74, 6) is 0.107. The summed E-state index contributed by atoms with van der Waals surface area (Å²) in [6.07, 6.45) is 3.07. The number of carbonyl (C=O) groups is 1. The summed E-state index contributed by atoms with van der Waals surface area (Å²) in [4.78, 5) is 21.2. The highest BCUT2D eigenvalue weighted by Gasteiger charge is 2.12. The van der Waals surface area contributed by atoms with E-state index in [2.05, 4.69) is 4.74 Å². The minimum atomic E-state index is -0.489. The second kappa shape index (κ2) is 6.39. The molecule has 0 fully saturated rings. The summed E-state index contributed by atoms with van der Waals surface area (Å²) in [7, 11) is 2.76. The number of nitro groups is 1. The molecule has 0 unspecified atom stereocenters. The number of esters is 1. The van der Waals surface area contributed by atoms with Crippen molar-refractivity contribution in [2.75, 3.05) is 14.2 Å². The lowest BCUT2D eigenvalue weighted by atomic mass is 10.1. The highest BCUT2D eigenvalue weighted by molar-refractivity contribution is 5.73. The molecule has 0 spiro atoms. The Morgan fingerprint density at radius 3 is 2.72 bits per heavy atom. The van der Waals surface area contributed by atoms with E-state index in [0.717, 1.165) is 0 Å². The summed E-state index contributed by atoms with van der Waals surface area (Å²) in [5.41, 5.74) is 0.333. The normalized spacial score (nSPS) is 10.3. The SMILES string of the molecule is COC(=O)CC=Cc1cc(OC)ccc1[N+](=O)[O-]. The van der Waals surface area contributed by atoms with Gasteiger partial charge in [-0.1, -0.05) is 12.2 Å². The van der Waals surface area contributed by atoms with Crippen LogP contribution in [-0.4, -0.2) is 25.1 Å². The molecule has 0 aromatic heterocycles. The molecule has 0 aliphatic heterocycles. The largest absolute Gasteiger partial charge is 0.497 e. The molecule has 0 amide bonds. The van der Waals surface area contributed by atoms with Crippen LogP contribution in [0.5, 0.6) is 5.75 Å². The maximum Gasteiger partial charge on any atom is 0.309 e. The molecule has 0 saturated carbocycles. The van der Waals surface area contributed by atoms with Gasteiger partial charge < -0.3 is 9.47 Å². The molecular formula is C12H13NO5. The topological polar surface area (TPSA) is 78.7 Å². The highest BCUT2D eigenvalue weighted by Crippen LogP contribution is 2.25. The zero-order valence-corrected chi connectivity index (χ0v) is 10.1. The molecule has 0 atom stereocenters. The second-order valence-corrected chi connectivity index (χ2v) is 3.36. The first-order valence-electron chi connectivity index (χ1n) is 5.14. The zero-order chi connectivity index (χ0) is 13.5. The monoisotopic (exact) mass is 251 g/mol. The summed E-state index contributed by atoms with van der Waals surface area (Å²) >= 11 is 0. The van der Waals surface area contributed by atoms with Gasteiger partial charge in [0.1, 0.15) is 5.75 Å². The number of hydrogen-bond acceptors (Lipinski definition) is 5. The molecule has 0 aliphatic carbocycles. The Kier molecular flexibility index (Phi) is 4.86. The fraction of sp³-hybridized carbons (Fsp3) is 0.250. The van der Waals surface area contributed by atoms with Crippen LogP contribution in [0.25, 0.3) is 6.08 Å². The van der Waals surface area contributed by atoms with E-state index in [1.54, 1.807) is 0 Å². The predicted molar refractivity (Wildman–Crippen MR) is 65.3 cm³/mol. The lowest BCUT2D eigenvalue weighted by Crippen LogP contribution is -1.97. The van der Waals surface area contributed by atoms with E-state index in [1.807, 2.05) is 0 Å². The van der Waals surface area contributed by atoms with E-state index in [-0.39, 0.29) is 12.1 Å². The molecule has 0 heterocycles. The fourth-order valence-corrected chi connectivity index (χ4v) is 1.32. The number of rotatable bonds is 5. The number of nitro benzene ring substituents is 1. The third kappa shape index (κ3) is 3.58. The van der Waals surface area contributed by atoms with E-state index in [0.29, 0.717) is 11.3 Å². The minimum absolute atomic E-state index is 0.0445. The van der Waals surface area contributed by atoms with Gasteiger partial charge in [-0.15, -0.1) is 0 Å². The van der Waals surface area contributed by atoms with Crippen molar-refractivity contribution in [3.63, 3.8) is 0 Å². The molecule has 6 nitrogen and oxygen atoms in total. The number of carbonyl (C=O) groups excluding carboxylic acids is 1. The first-order chi connectivity index (χ1) is 8.58. The molecule has 0 saturated heterocycles. The van der Waals surface area contributed by atoms with Gasteiger partial charge in [-0.05, 0) is 12.1 Å². The third-order valence-electron chi connectivity index (χ3n) is 2.24. The van der Waals surface area contributed by atoms with Crippen LogP contribution >= 0.6 is 0 Å². The maximum atomic E-state index is 10.9. The molecular weight excluding hydrogens is 238 g/mol. The van der Waals surface area contributed by atoms with Gasteiger partial charge in [-0.3, -0.25) is 14.9 Å².